The molecule has 2 rings (SSSR count). The van der Waals surface area contributed by atoms with Crippen molar-refractivity contribution in [3.05, 3.63) is 65.7 Å². The number of benzene rings is 2. The summed E-state index contributed by atoms with van der Waals surface area (Å²) in [6.45, 7) is 6.26. The van der Waals surface area contributed by atoms with Gasteiger partial charge < -0.3 is 25.6 Å². The molecule has 3 N–H and O–H groups in total. The smallest absolute Gasteiger partial charge is 0.408 e. The van der Waals surface area contributed by atoms with Gasteiger partial charge in [0.15, 0.2) is 0 Å². The van der Waals surface area contributed by atoms with E-state index in [2.05, 4.69) is 59.2 Å². The van der Waals surface area contributed by atoms with Crippen LogP contribution < -0.4 is 16.0 Å². The van der Waals surface area contributed by atoms with Crippen LogP contribution in [-0.4, -0.2) is 56.7 Å². The Morgan fingerprint density at radius 1 is 0.939 bits per heavy atom. The topological polar surface area (TPSA) is 82.7 Å². The predicted molar refractivity (Wildman–Crippen MR) is 133 cm³/mol. The van der Waals surface area contributed by atoms with Crippen molar-refractivity contribution in [2.75, 3.05) is 39.0 Å². The molecule has 7 nitrogen and oxygen atoms in total. The first-order valence-electron chi connectivity index (χ1n) is 11.6. The number of ether oxygens (including phenoxy) is 1. The lowest BCUT2D eigenvalue weighted by Gasteiger charge is -2.20. The number of carbonyl (C=O) groups is 2. The molecular weight excluding hydrogens is 416 g/mol. The van der Waals surface area contributed by atoms with E-state index in [1.54, 1.807) is 0 Å². The van der Waals surface area contributed by atoms with E-state index in [4.69, 9.17) is 4.74 Å². The Balaban J connectivity index is 1.74. The van der Waals surface area contributed by atoms with E-state index in [1.165, 1.54) is 5.56 Å². The highest BCUT2D eigenvalue weighted by Crippen LogP contribution is 2.10. The number of hydrogen-bond donors (Lipinski definition) is 3. The SMILES string of the molecule is CC(C)C[C@H](NC(=O)OCc1ccccc1)C(=O)NCCNc1ccc(CCN(C)C)cc1. The molecule has 0 spiro atoms. The highest BCUT2D eigenvalue weighted by molar-refractivity contribution is 5.85. The third kappa shape index (κ3) is 10.9. The van der Waals surface area contributed by atoms with Gasteiger partial charge in [-0.3, -0.25) is 4.79 Å². The quantitative estimate of drug-likeness (QED) is 0.403. The van der Waals surface area contributed by atoms with E-state index in [0.717, 1.165) is 24.2 Å². The predicted octanol–water partition coefficient (Wildman–Crippen LogP) is 3.66. The second-order valence-corrected chi connectivity index (χ2v) is 8.86. The van der Waals surface area contributed by atoms with Crippen molar-refractivity contribution < 1.29 is 14.3 Å². The Morgan fingerprint density at radius 3 is 2.27 bits per heavy atom. The molecule has 7 heteroatoms. The molecule has 2 amide bonds. The molecule has 2 aromatic carbocycles. The molecule has 0 heterocycles. The fourth-order valence-corrected chi connectivity index (χ4v) is 3.27. The summed E-state index contributed by atoms with van der Waals surface area (Å²) in [6.07, 6.45) is 0.960. The molecule has 33 heavy (non-hydrogen) atoms. The Morgan fingerprint density at radius 2 is 1.64 bits per heavy atom. The number of nitrogens with one attached hydrogen (secondary N) is 3. The van der Waals surface area contributed by atoms with Crippen LogP contribution in [-0.2, 0) is 22.6 Å². The summed E-state index contributed by atoms with van der Waals surface area (Å²) in [5.74, 6) is 0.0421. The number of anilines is 1. The van der Waals surface area contributed by atoms with Gasteiger partial charge in [0.1, 0.15) is 12.6 Å². The summed E-state index contributed by atoms with van der Waals surface area (Å²) in [4.78, 5) is 27.0. The summed E-state index contributed by atoms with van der Waals surface area (Å²) in [6, 6.07) is 17.2. The molecule has 0 aromatic heterocycles. The second kappa shape index (κ2) is 14.2. The van der Waals surface area contributed by atoms with Crippen molar-refractivity contribution in [3.8, 4) is 0 Å². The second-order valence-electron chi connectivity index (χ2n) is 8.86. The lowest BCUT2D eigenvalue weighted by atomic mass is 10.0. The van der Waals surface area contributed by atoms with Crippen molar-refractivity contribution >= 4 is 17.7 Å². The van der Waals surface area contributed by atoms with Crippen molar-refractivity contribution in [1.29, 1.82) is 0 Å². The maximum atomic E-state index is 12.7. The molecular formula is C26H38N4O3. The van der Waals surface area contributed by atoms with Gasteiger partial charge in [0, 0.05) is 25.3 Å². The molecule has 0 unspecified atom stereocenters. The first kappa shape index (κ1) is 26.2. The number of rotatable bonds is 13. The lowest BCUT2D eigenvalue weighted by molar-refractivity contribution is -0.123. The first-order chi connectivity index (χ1) is 15.8. The van der Waals surface area contributed by atoms with Gasteiger partial charge in [-0.05, 0) is 56.1 Å². The van der Waals surface area contributed by atoms with Gasteiger partial charge in [-0.2, -0.15) is 0 Å². The summed E-state index contributed by atoms with van der Waals surface area (Å²) >= 11 is 0. The van der Waals surface area contributed by atoms with Gasteiger partial charge in [0.2, 0.25) is 5.91 Å². The van der Waals surface area contributed by atoms with E-state index in [0.29, 0.717) is 19.5 Å². The molecule has 2 aromatic rings. The van der Waals surface area contributed by atoms with E-state index in [-0.39, 0.29) is 18.4 Å². The third-order valence-corrected chi connectivity index (χ3v) is 5.08. The normalized spacial score (nSPS) is 11.8. The molecule has 0 saturated carbocycles. The highest BCUT2D eigenvalue weighted by Gasteiger charge is 2.22. The monoisotopic (exact) mass is 454 g/mol. The minimum absolute atomic E-state index is 0.167. The minimum Gasteiger partial charge on any atom is -0.445 e. The first-order valence-corrected chi connectivity index (χ1v) is 11.6. The highest BCUT2D eigenvalue weighted by atomic mass is 16.5. The van der Waals surface area contributed by atoms with Crippen molar-refractivity contribution in [2.45, 2.75) is 39.3 Å². The number of nitrogens with zero attached hydrogens (tertiary/aromatic N) is 1. The van der Waals surface area contributed by atoms with Crippen molar-refractivity contribution in [3.63, 3.8) is 0 Å². The average molecular weight is 455 g/mol. The summed E-state index contributed by atoms with van der Waals surface area (Å²) in [5.41, 5.74) is 3.21. The molecule has 0 fully saturated rings. The van der Waals surface area contributed by atoms with Crippen LogP contribution >= 0.6 is 0 Å². The van der Waals surface area contributed by atoms with Crippen LogP contribution in [0.1, 0.15) is 31.4 Å². The van der Waals surface area contributed by atoms with Gasteiger partial charge in [0.05, 0.1) is 0 Å². The molecule has 180 valence electrons. The number of carbonyl (C=O) groups excluding carboxylic acids is 2. The minimum atomic E-state index is -0.635. The molecule has 0 saturated heterocycles. The molecule has 0 aliphatic rings. The lowest BCUT2D eigenvalue weighted by Crippen LogP contribution is -2.48. The molecule has 0 aliphatic heterocycles. The summed E-state index contributed by atoms with van der Waals surface area (Å²) in [5, 5.41) is 8.92. The average Bonchev–Trinajstić information content (AvgIpc) is 2.79. The zero-order valence-electron chi connectivity index (χ0n) is 20.3. The van der Waals surface area contributed by atoms with Gasteiger partial charge >= 0.3 is 6.09 Å². The maximum absolute atomic E-state index is 12.7. The summed E-state index contributed by atoms with van der Waals surface area (Å²) in [7, 11) is 4.14. The van der Waals surface area contributed by atoms with Crippen LogP contribution in [0.5, 0.6) is 0 Å². The number of alkyl carbamates (subject to hydrolysis) is 1. The Labute approximate surface area is 197 Å². The van der Waals surface area contributed by atoms with Gasteiger partial charge in [-0.1, -0.05) is 56.3 Å². The third-order valence-electron chi connectivity index (χ3n) is 5.08. The van der Waals surface area contributed by atoms with Crippen LogP contribution in [0.3, 0.4) is 0 Å². The number of likely N-dealkylation sites (N-methyl/N-ethyl adjacent to an activating group) is 1. The van der Waals surface area contributed by atoms with E-state index in [1.807, 2.05) is 44.2 Å². The van der Waals surface area contributed by atoms with E-state index < -0.39 is 12.1 Å². The number of amides is 2. The Hall–Kier alpha value is -3.06. The zero-order chi connectivity index (χ0) is 24.1. The fourth-order valence-electron chi connectivity index (χ4n) is 3.27. The summed E-state index contributed by atoms with van der Waals surface area (Å²) < 4.78 is 5.27. The molecule has 1 atom stereocenters. The van der Waals surface area contributed by atoms with Gasteiger partial charge in [0.25, 0.3) is 0 Å². The fraction of sp³-hybridized carbons (Fsp3) is 0.462. The molecule has 0 radical (unpaired) electrons. The van der Waals surface area contributed by atoms with Gasteiger partial charge in [-0.25, -0.2) is 4.79 Å². The van der Waals surface area contributed by atoms with E-state index >= 15 is 0 Å². The molecule has 0 aliphatic carbocycles. The Kier molecular flexibility index (Phi) is 11.2. The van der Waals surface area contributed by atoms with Crippen LogP contribution in [0.2, 0.25) is 0 Å². The number of hydrogen-bond acceptors (Lipinski definition) is 5. The van der Waals surface area contributed by atoms with Crippen molar-refractivity contribution in [2.24, 2.45) is 5.92 Å². The maximum Gasteiger partial charge on any atom is 0.408 e. The van der Waals surface area contributed by atoms with Crippen LogP contribution in [0.25, 0.3) is 0 Å². The van der Waals surface area contributed by atoms with Crippen molar-refractivity contribution in [1.82, 2.24) is 15.5 Å². The molecule has 0 bridgehead atoms. The van der Waals surface area contributed by atoms with Crippen LogP contribution in [0, 0.1) is 5.92 Å². The van der Waals surface area contributed by atoms with Crippen LogP contribution in [0.4, 0.5) is 10.5 Å². The van der Waals surface area contributed by atoms with Crippen LogP contribution in [0.15, 0.2) is 54.6 Å². The standard InChI is InChI=1S/C26H38N4O3/c1-20(2)18-24(29-26(32)33-19-22-8-6-5-7-9-22)25(31)28-16-15-27-23-12-10-21(11-13-23)14-17-30(3)4/h5-13,20,24,27H,14-19H2,1-4H3,(H,28,31)(H,29,32)/t24-/m0/s1. The largest absolute Gasteiger partial charge is 0.445 e. The zero-order valence-corrected chi connectivity index (χ0v) is 20.3. The van der Waals surface area contributed by atoms with E-state index in [9.17, 15) is 9.59 Å². The van der Waals surface area contributed by atoms with Gasteiger partial charge in [-0.15, -0.1) is 0 Å². The Bertz CT molecular complexity index is 838.